The molecule has 0 spiro atoms. The summed E-state index contributed by atoms with van der Waals surface area (Å²) in [5.41, 5.74) is 0.828. The van der Waals surface area contributed by atoms with Gasteiger partial charge in [-0.2, -0.15) is 13.2 Å². The third-order valence-electron chi connectivity index (χ3n) is 3.38. The topological polar surface area (TPSA) is 0 Å². The summed E-state index contributed by atoms with van der Waals surface area (Å²) in [5.74, 6) is -0.539. The van der Waals surface area contributed by atoms with Crippen molar-refractivity contribution in [2.45, 2.75) is 37.8 Å². The summed E-state index contributed by atoms with van der Waals surface area (Å²) in [6, 6.07) is 6.19. The van der Waals surface area contributed by atoms with Crippen LogP contribution in [0.15, 0.2) is 24.3 Å². The maximum atomic E-state index is 13.0. The smallest absolute Gasteiger partial charge is 0.207 e. The van der Waals surface area contributed by atoms with Gasteiger partial charge in [-0.15, -0.1) is 12.4 Å². The van der Waals surface area contributed by atoms with Gasteiger partial charge in [0.1, 0.15) is 5.82 Å². The van der Waals surface area contributed by atoms with Gasteiger partial charge in [-0.25, -0.2) is 4.39 Å². The number of benzene rings is 1. The van der Waals surface area contributed by atoms with Gasteiger partial charge >= 0.3 is 6.18 Å². The van der Waals surface area contributed by atoms with Gasteiger partial charge in [0, 0.05) is 6.42 Å². The Kier molecular flexibility index (Phi) is 5.02. The third kappa shape index (κ3) is 4.16. The molecule has 18 heavy (non-hydrogen) atoms. The lowest BCUT2D eigenvalue weighted by atomic mass is 9.95. The lowest BCUT2D eigenvalue weighted by molar-refractivity contribution is -0.144. The minimum Gasteiger partial charge on any atom is -0.207 e. The van der Waals surface area contributed by atoms with Crippen LogP contribution < -0.4 is 0 Å². The van der Waals surface area contributed by atoms with Crippen LogP contribution in [0.2, 0.25) is 0 Å². The fraction of sp³-hybridized carbons (Fsp3) is 0.538. The Balaban J connectivity index is 0.00000162. The summed E-state index contributed by atoms with van der Waals surface area (Å²) in [6.45, 7) is 0. The van der Waals surface area contributed by atoms with Crippen LogP contribution in [-0.2, 0) is 0 Å². The minimum atomic E-state index is -4.08. The molecule has 0 amide bonds. The molecule has 5 heteroatoms. The van der Waals surface area contributed by atoms with E-state index in [1.165, 1.54) is 12.1 Å². The van der Waals surface area contributed by atoms with Gasteiger partial charge in [-0.3, -0.25) is 0 Å². The Labute approximate surface area is 110 Å². The Hall–Kier alpha value is -0.770. The minimum absolute atomic E-state index is 0. The molecule has 0 saturated heterocycles. The van der Waals surface area contributed by atoms with Crippen LogP contribution in [0, 0.1) is 11.7 Å². The van der Waals surface area contributed by atoms with E-state index in [9.17, 15) is 17.6 Å². The maximum absolute atomic E-state index is 13.0. The highest BCUT2D eigenvalue weighted by molar-refractivity contribution is 5.85. The average molecular weight is 283 g/mol. The fourth-order valence-corrected chi connectivity index (χ4v) is 2.65. The van der Waals surface area contributed by atoms with E-state index in [2.05, 4.69) is 0 Å². The first-order valence-corrected chi connectivity index (χ1v) is 5.76. The fourth-order valence-electron chi connectivity index (χ4n) is 2.65. The first-order valence-electron chi connectivity index (χ1n) is 5.76. The van der Waals surface area contributed by atoms with Crippen LogP contribution in [0.4, 0.5) is 17.6 Å². The van der Waals surface area contributed by atoms with Gasteiger partial charge in [-0.1, -0.05) is 12.1 Å². The highest BCUT2D eigenvalue weighted by atomic mass is 35.5. The molecule has 1 aliphatic carbocycles. The van der Waals surface area contributed by atoms with Crippen molar-refractivity contribution in [3.05, 3.63) is 35.6 Å². The van der Waals surface area contributed by atoms with Crippen molar-refractivity contribution in [2.75, 3.05) is 0 Å². The summed E-state index contributed by atoms with van der Waals surface area (Å²) < 4.78 is 49.7. The van der Waals surface area contributed by atoms with Gasteiger partial charge < -0.3 is 0 Å². The Bertz CT molecular complexity index is 389. The van der Waals surface area contributed by atoms with Crippen molar-refractivity contribution in [3.63, 3.8) is 0 Å². The summed E-state index contributed by atoms with van der Waals surface area (Å²) in [5, 5.41) is 0. The summed E-state index contributed by atoms with van der Waals surface area (Å²) in [7, 11) is 0. The molecule has 0 N–H and O–H groups in total. The molecule has 0 radical (unpaired) electrons. The van der Waals surface area contributed by atoms with Crippen molar-refractivity contribution in [1.82, 2.24) is 0 Å². The van der Waals surface area contributed by atoms with E-state index >= 15 is 0 Å². The first-order chi connectivity index (χ1) is 7.94. The van der Waals surface area contributed by atoms with Crippen LogP contribution in [-0.4, -0.2) is 6.18 Å². The zero-order valence-corrected chi connectivity index (χ0v) is 10.5. The highest BCUT2D eigenvalue weighted by Crippen LogP contribution is 2.42. The standard InChI is InChI=1S/C13H14F4.ClH/c14-12-3-1-2-10(7-12)11-5-4-9(6-11)8-13(15,16)17;/h1-3,7,9,11H,4-6,8H2;1H/t9-,11+;/m0./s1. The molecule has 1 aliphatic rings. The zero-order chi connectivity index (χ0) is 12.5. The van der Waals surface area contributed by atoms with Crippen molar-refractivity contribution in [2.24, 2.45) is 5.92 Å². The lowest BCUT2D eigenvalue weighted by Crippen LogP contribution is -2.13. The molecule has 1 saturated carbocycles. The summed E-state index contributed by atoms with van der Waals surface area (Å²) in [6.07, 6.45) is -2.96. The van der Waals surface area contributed by atoms with E-state index in [4.69, 9.17) is 0 Å². The van der Waals surface area contributed by atoms with E-state index in [1.54, 1.807) is 12.1 Å². The van der Waals surface area contributed by atoms with Crippen LogP contribution in [0.3, 0.4) is 0 Å². The number of alkyl halides is 3. The molecule has 0 aliphatic heterocycles. The molecule has 0 heterocycles. The van der Waals surface area contributed by atoms with E-state index < -0.39 is 12.6 Å². The van der Waals surface area contributed by atoms with Crippen molar-refractivity contribution >= 4 is 12.4 Å². The Morgan fingerprint density at radius 2 is 1.89 bits per heavy atom. The highest BCUT2D eigenvalue weighted by Gasteiger charge is 2.36. The van der Waals surface area contributed by atoms with E-state index in [0.29, 0.717) is 12.8 Å². The molecular formula is C13H15ClF4. The van der Waals surface area contributed by atoms with Gasteiger partial charge in [0.25, 0.3) is 0 Å². The normalized spacial score (nSPS) is 23.8. The van der Waals surface area contributed by atoms with Crippen LogP contribution in [0.1, 0.15) is 37.2 Å². The van der Waals surface area contributed by atoms with Gasteiger partial charge in [0.15, 0.2) is 0 Å². The molecule has 2 rings (SSSR count). The Morgan fingerprint density at radius 3 is 2.50 bits per heavy atom. The van der Waals surface area contributed by atoms with Crippen molar-refractivity contribution in [1.29, 1.82) is 0 Å². The molecule has 0 unspecified atom stereocenters. The first kappa shape index (κ1) is 15.3. The number of halogens is 5. The molecule has 1 fully saturated rings. The molecular weight excluding hydrogens is 268 g/mol. The zero-order valence-electron chi connectivity index (χ0n) is 9.71. The molecule has 0 aromatic heterocycles. The molecule has 2 atom stereocenters. The molecule has 0 nitrogen and oxygen atoms in total. The molecule has 1 aromatic rings. The maximum Gasteiger partial charge on any atom is 0.389 e. The predicted molar refractivity (Wildman–Crippen MR) is 64.4 cm³/mol. The number of hydrogen-bond acceptors (Lipinski definition) is 0. The summed E-state index contributed by atoms with van der Waals surface area (Å²) >= 11 is 0. The van der Waals surface area contributed by atoms with E-state index in [-0.39, 0.29) is 30.1 Å². The monoisotopic (exact) mass is 282 g/mol. The van der Waals surface area contributed by atoms with Crippen molar-refractivity contribution in [3.8, 4) is 0 Å². The van der Waals surface area contributed by atoms with Crippen molar-refractivity contribution < 1.29 is 17.6 Å². The molecule has 0 bridgehead atoms. The quantitative estimate of drug-likeness (QED) is 0.663. The number of hydrogen-bond donors (Lipinski definition) is 0. The van der Waals surface area contributed by atoms with Crippen LogP contribution >= 0.6 is 12.4 Å². The largest absolute Gasteiger partial charge is 0.389 e. The average Bonchev–Trinajstić information content (AvgIpc) is 2.63. The lowest BCUT2D eigenvalue weighted by Gasteiger charge is -2.13. The summed E-state index contributed by atoms with van der Waals surface area (Å²) in [4.78, 5) is 0. The Morgan fingerprint density at radius 1 is 1.17 bits per heavy atom. The van der Waals surface area contributed by atoms with Gasteiger partial charge in [-0.05, 0) is 48.8 Å². The van der Waals surface area contributed by atoms with Gasteiger partial charge in [0.2, 0.25) is 0 Å². The number of rotatable bonds is 2. The van der Waals surface area contributed by atoms with Crippen LogP contribution in [0.25, 0.3) is 0 Å². The molecule has 102 valence electrons. The second-order valence-corrected chi connectivity index (χ2v) is 4.75. The second kappa shape index (κ2) is 5.91. The van der Waals surface area contributed by atoms with Crippen LogP contribution in [0.5, 0.6) is 0 Å². The SMILES string of the molecule is Cl.Fc1cccc([C@@H]2CC[C@H](CC(F)(F)F)C2)c1. The second-order valence-electron chi connectivity index (χ2n) is 4.75. The third-order valence-corrected chi connectivity index (χ3v) is 3.38. The molecule has 1 aromatic carbocycles. The van der Waals surface area contributed by atoms with E-state index in [1.807, 2.05) is 0 Å². The van der Waals surface area contributed by atoms with E-state index in [0.717, 1.165) is 12.0 Å². The predicted octanol–water partition coefficient (Wildman–Crippen LogP) is 5.08. The van der Waals surface area contributed by atoms with Gasteiger partial charge in [0.05, 0.1) is 0 Å².